The quantitative estimate of drug-likeness (QED) is 0.0361. The fraction of sp³-hybridized carbons (Fsp3) is 0.978. The van der Waals surface area contributed by atoms with E-state index in [4.69, 9.17) is 4.52 Å². The van der Waals surface area contributed by atoms with Crippen LogP contribution in [0.25, 0.3) is 0 Å². The number of phosphoric acid groups is 1. The van der Waals surface area contributed by atoms with Gasteiger partial charge >= 0.3 is 7.82 Å². The van der Waals surface area contributed by atoms with E-state index in [0.29, 0.717) is 12.8 Å². The average molecular weight is 788 g/mol. The number of phosphoric ester groups is 1. The van der Waals surface area contributed by atoms with Gasteiger partial charge in [0.2, 0.25) is 5.91 Å². The van der Waals surface area contributed by atoms with Crippen LogP contribution in [0.3, 0.4) is 0 Å². The van der Waals surface area contributed by atoms with Gasteiger partial charge in [-0.15, -0.1) is 0 Å². The Morgan fingerprint density at radius 2 is 0.722 bits per heavy atom. The molecule has 8 heteroatoms. The van der Waals surface area contributed by atoms with Crippen LogP contribution in [0.4, 0.5) is 0 Å². The van der Waals surface area contributed by atoms with E-state index in [1.54, 1.807) is 0 Å². The zero-order chi connectivity index (χ0) is 39.6. The first-order valence-electron chi connectivity index (χ1n) is 24.0. The Balaban J connectivity index is 3.78. The van der Waals surface area contributed by atoms with Gasteiger partial charge in [0.1, 0.15) is 0 Å². The predicted molar refractivity (Wildman–Crippen MR) is 232 cm³/mol. The monoisotopic (exact) mass is 788 g/mol. The minimum Gasteiger partial charge on any atom is -0.391 e. The molecule has 0 saturated carbocycles. The van der Waals surface area contributed by atoms with Crippen molar-refractivity contribution in [1.82, 2.24) is 5.32 Å². The summed E-state index contributed by atoms with van der Waals surface area (Å²) < 4.78 is 16.0. The molecular formula is C46H94NO6P. The summed E-state index contributed by atoms with van der Waals surface area (Å²) in [6.07, 6.45) is 49.6. The van der Waals surface area contributed by atoms with Gasteiger partial charge in [-0.2, -0.15) is 0 Å². The van der Waals surface area contributed by atoms with Gasteiger partial charge in [0, 0.05) is 6.42 Å². The Morgan fingerprint density at radius 1 is 0.463 bits per heavy atom. The molecule has 0 aromatic carbocycles. The van der Waals surface area contributed by atoms with E-state index in [-0.39, 0.29) is 5.91 Å². The van der Waals surface area contributed by atoms with E-state index in [9.17, 15) is 24.3 Å². The predicted octanol–water partition coefficient (Wildman–Crippen LogP) is 14.6. The van der Waals surface area contributed by atoms with Crippen molar-refractivity contribution in [3.8, 4) is 0 Å². The summed E-state index contributed by atoms with van der Waals surface area (Å²) >= 11 is 0. The van der Waals surface area contributed by atoms with Gasteiger partial charge in [-0.1, -0.05) is 251 Å². The van der Waals surface area contributed by atoms with E-state index >= 15 is 0 Å². The molecule has 2 atom stereocenters. The van der Waals surface area contributed by atoms with E-state index in [2.05, 4.69) is 19.2 Å². The SMILES string of the molecule is CCCCCCCCCCCCCCCCCCCCCCCCC(=O)N[C@@H](COP(=O)(O)O)[C@H](O)CCCCCCCCCCCCCCCCCC. The van der Waals surface area contributed by atoms with Gasteiger partial charge in [-0.05, 0) is 12.8 Å². The molecule has 0 saturated heterocycles. The number of hydrogen-bond acceptors (Lipinski definition) is 4. The highest BCUT2D eigenvalue weighted by Crippen LogP contribution is 2.36. The molecule has 1 amide bonds. The summed E-state index contributed by atoms with van der Waals surface area (Å²) in [6.45, 7) is 4.16. The van der Waals surface area contributed by atoms with Crippen molar-refractivity contribution < 1.29 is 28.8 Å². The number of unbranched alkanes of at least 4 members (excludes halogenated alkanes) is 36. The molecule has 0 aromatic heterocycles. The number of rotatable bonds is 45. The van der Waals surface area contributed by atoms with Crippen LogP contribution in [0.2, 0.25) is 0 Å². The molecule has 0 aliphatic rings. The molecule has 0 rings (SSSR count). The van der Waals surface area contributed by atoms with Crippen LogP contribution < -0.4 is 5.32 Å². The third kappa shape index (κ3) is 42.7. The molecule has 0 aromatic rings. The normalized spacial score (nSPS) is 13.1. The third-order valence-corrected chi connectivity index (χ3v) is 11.8. The van der Waals surface area contributed by atoms with Crippen LogP contribution in [0.5, 0.6) is 0 Å². The fourth-order valence-electron chi connectivity index (χ4n) is 7.70. The summed E-state index contributed by atoms with van der Waals surface area (Å²) in [5.74, 6) is -0.187. The second-order valence-electron chi connectivity index (χ2n) is 16.8. The molecule has 4 N–H and O–H groups in total. The Morgan fingerprint density at radius 3 is 1.00 bits per heavy atom. The summed E-state index contributed by atoms with van der Waals surface area (Å²) in [4.78, 5) is 31.0. The minimum absolute atomic E-state index is 0.187. The minimum atomic E-state index is -4.69. The van der Waals surface area contributed by atoms with Crippen molar-refractivity contribution >= 4 is 13.7 Å². The Labute approximate surface area is 336 Å². The number of hydrogen-bond donors (Lipinski definition) is 4. The number of carbonyl (C=O) groups excluding carboxylic acids is 1. The molecule has 324 valence electrons. The Bertz CT molecular complexity index is 808. The van der Waals surface area contributed by atoms with Gasteiger partial charge in [-0.3, -0.25) is 9.32 Å². The summed E-state index contributed by atoms with van der Waals surface area (Å²) in [5, 5.41) is 13.6. The van der Waals surface area contributed by atoms with Crippen LogP contribution in [0.15, 0.2) is 0 Å². The van der Waals surface area contributed by atoms with Gasteiger partial charge in [-0.25, -0.2) is 4.57 Å². The fourth-order valence-corrected chi connectivity index (χ4v) is 8.06. The maximum Gasteiger partial charge on any atom is 0.469 e. The largest absolute Gasteiger partial charge is 0.469 e. The van der Waals surface area contributed by atoms with E-state index in [1.807, 2.05) is 0 Å². The zero-order valence-electron chi connectivity index (χ0n) is 36.2. The van der Waals surface area contributed by atoms with Crippen molar-refractivity contribution in [3.63, 3.8) is 0 Å². The molecule has 54 heavy (non-hydrogen) atoms. The zero-order valence-corrected chi connectivity index (χ0v) is 37.1. The standard InChI is InChI=1S/C46H94NO6P/c1-3-5-7-9-11-13-15-17-19-21-22-23-24-25-26-28-30-32-34-36-38-40-42-46(49)47-44(43-53-54(50,51)52)45(48)41-39-37-35-33-31-29-27-20-18-16-14-12-10-8-6-4-2/h44-45,48H,3-43H2,1-2H3,(H,47,49)(H2,50,51,52)/t44-,45+/m0/s1. The second-order valence-corrected chi connectivity index (χ2v) is 18.0. The Kier molecular flexibility index (Phi) is 41.8. The maximum atomic E-state index is 12.6. The van der Waals surface area contributed by atoms with Crippen molar-refractivity contribution in [2.24, 2.45) is 0 Å². The van der Waals surface area contributed by atoms with Gasteiger partial charge in [0.25, 0.3) is 0 Å². The average Bonchev–Trinajstić information content (AvgIpc) is 3.14. The van der Waals surface area contributed by atoms with Crippen LogP contribution >= 0.6 is 7.82 Å². The third-order valence-electron chi connectivity index (χ3n) is 11.3. The first-order valence-corrected chi connectivity index (χ1v) is 25.5. The molecule has 0 aliphatic carbocycles. The first kappa shape index (κ1) is 53.5. The molecule has 0 bridgehead atoms. The lowest BCUT2D eigenvalue weighted by atomic mass is 10.0. The molecular weight excluding hydrogens is 693 g/mol. The lowest BCUT2D eigenvalue weighted by Crippen LogP contribution is -2.46. The lowest BCUT2D eigenvalue weighted by Gasteiger charge is -2.24. The smallest absolute Gasteiger partial charge is 0.391 e. The molecule has 0 unspecified atom stereocenters. The number of aliphatic hydroxyl groups excluding tert-OH is 1. The second kappa shape index (κ2) is 42.2. The summed E-state index contributed by atoms with van der Waals surface area (Å²) in [6, 6.07) is -0.818. The highest BCUT2D eigenvalue weighted by atomic mass is 31.2. The van der Waals surface area contributed by atoms with Crippen LogP contribution in [-0.4, -0.2) is 39.6 Å². The topological polar surface area (TPSA) is 116 Å². The lowest BCUT2D eigenvalue weighted by molar-refractivity contribution is -0.123. The number of nitrogens with one attached hydrogen (secondary N) is 1. The van der Waals surface area contributed by atoms with Gasteiger partial charge in [0.15, 0.2) is 0 Å². The van der Waals surface area contributed by atoms with Crippen molar-refractivity contribution in [3.05, 3.63) is 0 Å². The van der Waals surface area contributed by atoms with Crippen molar-refractivity contribution in [1.29, 1.82) is 0 Å². The molecule has 0 radical (unpaired) electrons. The maximum absolute atomic E-state index is 12.6. The van der Waals surface area contributed by atoms with Crippen LogP contribution in [0, 0.1) is 0 Å². The van der Waals surface area contributed by atoms with E-state index in [0.717, 1.165) is 38.5 Å². The van der Waals surface area contributed by atoms with Crippen LogP contribution in [0.1, 0.15) is 271 Å². The highest BCUT2D eigenvalue weighted by molar-refractivity contribution is 7.46. The molecule has 0 fully saturated rings. The molecule has 0 spiro atoms. The highest BCUT2D eigenvalue weighted by Gasteiger charge is 2.25. The van der Waals surface area contributed by atoms with Gasteiger partial charge < -0.3 is 20.2 Å². The molecule has 7 nitrogen and oxygen atoms in total. The first-order chi connectivity index (χ1) is 26.3. The number of carbonyl (C=O) groups is 1. The van der Waals surface area contributed by atoms with Crippen LogP contribution in [-0.2, 0) is 13.9 Å². The summed E-state index contributed by atoms with van der Waals surface area (Å²) in [5.41, 5.74) is 0. The van der Waals surface area contributed by atoms with Crippen molar-refractivity contribution in [2.75, 3.05) is 6.61 Å². The Hall–Kier alpha value is -0.460. The molecule has 0 heterocycles. The van der Waals surface area contributed by atoms with Crippen molar-refractivity contribution in [2.45, 2.75) is 283 Å². The number of amides is 1. The molecule has 0 aliphatic heterocycles. The number of aliphatic hydroxyl groups is 1. The summed E-state index contributed by atoms with van der Waals surface area (Å²) in [7, 11) is -4.69. The van der Waals surface area contributed by atoms with E-state index < -0.39 is 26.6 Å². The van der Waals surface area contributed by atoms with Gasteiger partial charge in [0.05, 0.1) is 18.8 Å². The van der Waals surface area contributed by atoms with E-state index in [1.165, 1.54) is 205 Å².